The monoisotopic (exact) mass is 278 g/mol. The maximum absolute atomic E-state index is 11.4. The van der Waals surface area contributed by atoms with Gasteiger partial charge in [-0.3, -0.25) is 4.79 Å². The van der Waals surface area contributed by atoms with Gasteiger partial charge in [-0.15, -0.1) is 0 Å². The van der Waals surface area contributed by atoms with E-state index >= 15 is 0 Å². The third kappa shape index (κ3) is 2.71. The molecule has 1 heterocycles. The number of benzene rings is 1. The van der Waals surface area contributed by atoms with Crippen LogP contribution in [-0.4, -0.2) is 11.9 Å². The van der Waals surface area contributed by atoms with Crippen LogP contribution in [0.4, 0.5) is 11.4 Å². The van der Waals surface area contributed by atoms with Crippen molar-refractivity contribution < 1.29 is 4.79 Å². The van der Waals surface area contributed by atoms with Crippen molar-refractivity contribution >= 4 is 28.9 Å². The highest BCUT2D eigenvalue weighted by molar-refractivity contribution is 6.33. The Balaban J connectivity index is 1.78. The summed E-state index contributed by atoms with van der Waals surface area (Å²) in [5, 5.41) is 7.07. The van der Waals surface area contributed by atoms with Crippen molar-refractivity contribution in [3.05, 3.63) is 22.7 Å². The van der Waals surface area contributed by atoms with E-state index in [0.717, 1.165) is 22.9 Å². The van der Waals surface area contributed by atoms with Gasteiger partial charge in [-0.2, -0.15) is 0 Å². The lowest BCUT2D eigenvalue weighted by molar-refractivity contribution is -0.115. The molecule has 1 aromatic carbocycles. The Labute approximate surface area is 118 Å². The lowest BCUT2D eigenvalue weighted by atomic mass is 9.87. The largest absolute Gasteiger partial charge is 0.381 e. The third-order valence-corrected chi connectivity index (χ3v) is 4.43. The highest BCUT2D eigenvalue weighted by Gasteiger charge is 2.22. The Morgan fingerprint density at radius 2 is 2.21 bits per heavy atom. The van der Waals surface area contributed by atoms with Crippen molar-refractivity contribution in [1.29, 1.82) is 0 Å². The molecule has 1 amide bonds. The van der Waals surface area contributed by atoms with Crippen LogP contribution in [0.3, 0.4) is 0 Å². The van der Waals surface area contributed by atoms with Gasteiger partial charge in [-0.05, 0) is 36.5 Å². The zero-order valence-corrected chi connectivity index (χ0v) is 11.9. The summed E-state index contributed by atoms with van der Waals surface area (Å²) in [5.74, 6) is 0.831. The molecule has 2 aliphatic rings. The lowest BCUT2D eigenvalue weighted by Crippen LogP contribution is -2.26. The number of fused-ring (bicyclic) bond motifs is 1. The number of anilines is 2. The second kappa shape index (κ2) is 5.04. The van der Waals surface area contributed by atoms with Crippen LogP contribution in [0.2, 0.25) is 5.02 Å². The molecule has 1 fully saturated rings. The summed E-state index contributed by atoms with van der Waals surface area (Å²) in [6.45, 7) is 2.31. The van der Waals surface area contributed by atoms with Crippen molar-refractivity contribution in [2.75, 3.05) is 10.6 Å². The zero-order valence-electron chi connectivity index (χ0n) is 11.1. The fourth-order valence-electron chi connectivity index (χ4n) is 3.14. The van der Waals surface area contributed by atoms with E-state index in [9.17, 15) is 4.79 Å². The molecule has 1 aromatic rings. The van der Waals surface area contributed by atoms with Crippen LogP contribution in [0, 0.1) is 5.92 Å². The van der Waals surface area contributed by atoms with E-state index < -0.39 is 0 Å². The van der Waals surface area contributed by atoms with E-state index in [-0.39, 0.29) is 5.91 Å². The summed E-state index contributed by atoms with van der Waals surface area (Å²) in [6.07, 6.45) is 5.47. The Bertz CT molecular complexity index is 515. The Hall–Kier alpha value is -1.22. The van der Waals surface area contributed by atoms with Gasteiger partial charge in [-0.25, -0.2) is 0 Å². The number of nitrogens with one attached hydrogen (secondary N) is 2. The van der Waals surface area contributed by atoms with Crippen LogP contribution < -0.4 is 10.6 Å². The number of carbonyl (C=O) groups is 1. The number of rotatable bonds is 2. The molecule has 3 nitrogen and oxygen atoms in total. The molecule has 0 saturated heterocycles. The second-order valence-electron chi connectivity index (χ2n) is 5.83. The molecule has 1 aliphatic carbocycles. The zero-order chi connectivity index (χ0) is 13.4. The van der Waals surface area contributed by atoms with Gasteiger partial charge in [0.2, 0.25) is 5.91 Å². The van der Waals surface area contributed by atoms with Gasteiger partial charge in [-0.1, -0.05) is 31.4 Å². The first-order valence-corrected chi connectivity index (χ1v) is 7.38. The van der Waals surface area contributed by atoms with Crippen LogP contribution in [-0.2, 0) is 11.2 Å². The average Bonchev–Trinajstić information content (AvgIpc) is 2.69. The minimum absolute atomic E-state index is 0.0505. The van der Waals surface area contributed by atoms with Gasteiger partial charge in [0.15, 0.2) is 0 Å². The number of carbonyl (C=O) groups excluding carboxylic acids is 1. The predicted octanol–water partition coefficient (Wildman–Crippen LogP) is 3.83. The molecule has 3 rings (SSSR count). The molecular weight excluding hydrogens is 260 g/mol. The lowest BCUT2D eigenvalue weighted by Gasteiger charge is -2.28. The quantitative estimate of drug-likeness (QED) is 0.863. The fraction of sp³-hybridized carbons (Fsp3) is 0.533. The Kier molecular flexibility index (Phi) is 3.40. The summed E-state index contributed by atoms with van der Waals surface area (Å²) >= 11 is 6.30. The average molecular weight is 279 g/mol. The van der Waals surface area contributed by atoms with Crippen LogP contribution in [0.1, 0.15) is 38.2 Å². The minimum atomic E-state index is 0.0505. The Morgan fingerprint density at radius 1 is 1.37 bits per heavy atom. The molecular formula is C15H19ClN2O. The molecule has 1 saturated carbocycles. The molecule has 0 radical (unpaired) electrons. The van der Waals surface area contributed by atoms with Crippen molar-refractivity contribution in [2.45, 2.75) is 45.1 Å². The summed E-state index contributed by atoms with van der Waals surface area (Å²) in [7, 11) is 0. The third-order valence-electron chi connectivity index (χ3n) is 4.11. The number of halogens is 1. The molecule has 19 heavy (non-hydrogen) atoms. The summed E-state index contributed by atoms with van der Waals surface area (Å²) < 4.78 is 0. The molecule has 0 aromatic heterocycles. The number of hydrogen-bond acceptors (Lipinski definition) is 2. The first-order valence-electron chi connectivity index (χ1n) is 7.00. The van der Waals surface area contributed by atoms with Crippen molar-refractivity contribution in [3.8, 4) is 0 Å². The van der Waals surface area contributed by atoms with Crippen LogP contribution in [0.15, 0.2) is 12.1 Å². The molecule has 0 bridgehead atoms. The molecule has 2 atom stereocenters. The molecule has 0 spiro atoms. The summed E-state index contributed by atoms with van der Waals surface area (Å²) in [5.41, 5.74) is 2.87. The van der Waals surface area contributed by atoms with E-state index in [1.54, 1.807) is 0 Å². The topological polar surface area (TPSA) is 41.1 Å². The maximum Gasteiger partial charge on any atom is 0.228 e. The van der Waals surface area contributed by atoms with Gasteiger partial charge < -0.3 is 10.6 Å². The summed E-state index contributed by atoms with van der Waals surface area (Å²) in [4.78, 5) is 11.4. The molecule has 4 heteroatoms. The molecule has 2 N–H and O–H groups in total. The normalized spacial score (nSPS) is 25.9. The second-order valence-corrected chi connectivity index (χ2v) is 6.23. The standard InChI is InChI=1S/C15H19ClN2O/c1-9-3-2-4-11(5-9)17-14-6-10-7-15(19)18-13(10)8-12(14)16/h6,8-9,11,17H,2-5,7H2,1H3,(H,18,19). The van der Waals surface area contributed by atoms with Crippen molar-refractivity contribution in [3.63, 3.8) is 0 Å². The number of amides is 1. The molecule has 102 valence electrons. The van der Waals surface area contributed by atoms with Crippen LogP contribution >= 0.6 is 11.6 Å². The maximum atomic E-state index is 11.4. The summed E-state index contributed by atoms with van der Waals surface area (Å²) in [6, 6.07) is 4.38. The van der Waals surface area contributed by atoms with Gasteiger partial charge in [0, 0.05) is 11.7 Å². The molecule has 1 aliphatic heterocycles. The minimum Gasteiger partial charge on any atom is -0.381 e. The van der Waals surface area contributed by atoms with Gasteiger partial charge in [0.05, 0.1) is 17.1 Å². The van der Waals surface area contributed by atoms with Crippen molar-refractivity contribution in [2.24, 2.45) is 5.92 Å². The SMILES string of the molecule is CC1CCCC(Nc2cc3c(cc2Cl)NC(=O)C3)C1. The Morgan fingerprint density at radius 3 is 3.00 bits per heavy atom. The van der Waals surface area contributed by atoms with E-state index in [1.165, 1.54) is 25.7 Å². The van der Waals surface area contributed by atoms with Crippen LogP contribution in [0.5, 0.6) is 0 Å². The smallest absolute Gasteiger partial charge is 0.228 e. The predicted molar refractivity (Wildman–Crippen MR) is 78.8 cm³/mol. The van der Waals surface area contributed by atoms with Crippen molar-refractivity contribution in [1.82, 2.24) is 0 Å². The fourth-order valence-corrected chi connectivity index (χ4v) is 3.36. The van der Waals surface area contributed by atoms with Crippen LogP contribution in [0.25, 0.3) is 0 Å². The highest BCUT2D eigenvalue weighted by atomic mass is 35.5. The van der Waals surface area contributed by atoms with E-state index in [0.29, 0.717) is 17.5 Å². The van der Waals surface area contributed by atoms with E-state index in [4.69, 9.17) is 11.6 Å². The van der Waals surface area contributed by atoms with E-state index in [2.05, 4.69) is 17.6 Å². The van der Waals surface area contributed by atoms with Gasteiger partial charge in [0.25, 0.3) is 0 Å². The van der Waals surface area contributed by atoms with Gasteiger partial charge >= 0.3 is 0 Å². The van der Waals surface area contributed by atoms with Gasteiger partial charge in [0.1, 0.15) is 0 Å². The first-order chi connectivity index (χ1) is 9.11. The molecule has 2 unspecified atom stereocenters. The number of hydrogen-bond donors (Lipinski definition) is 2. The highest BCUT2D eigenvalue weighted by Crippen LogP contribution is 2.35. The first kappa shape index (κ1) is 12.8. The van der Waals surface area contributed by atoms with E-state index in [1.807, 2.05) is 12.1 Å².